The van der Waals surface area contributed by atoms with Gasteiger partial charge in [-0.1, -0.05) is 19.9 Å². The van der Waals surface area contributed by atoms with Gasteiger partial charge in [0.05, 0.1) is 12.8 Å². The third-order valence-corrected chi connectivity index (χ3v) is 3.14. The minimum absolute atomic E-state index is 0.117. The van der Waals surface area contributed by atoms with Gasteiger partial charge in [-0.2, -0.15) is 5.10 Å². The highest BCUT2D eigenvalue weighted by molar-refractivity contribution is 5.95. The van der Waals surface area contributed by atoms with Crippen LogP contribution in [0.5, 0.6) is 0 Å². The van der Waals surface area contributed by atoms with Crippen molar-refractivity contribution >= 4 is 11.9 Å². The number of esters is 1. The number of hydrogen-bond acceptors (Lipinski definition) is 5. The number of aromatic amines is 1. The molecule has 0 bridgehead atoms. The molecule has 0 saturated heterocycles. The van der Waals surface area contributed by atoms with Crippen molar-refractivity contribution in [2.24, 2.45) is 0 Å². The molecule has 120 valence electrons. The number of nitrogens with zero attached hydrogens (tertiary/aromatic N) is 1. The van der Waals surface area contributed by atoms with E-state index < -0.39 is 17.4 Å². The first-order chi connectivity index (χ1) is 10.5. The summed E-state index contributed by atoms with van der Waals surface area (Å²) in [4.78, 5) is 34.9. The SMILES string of the molecule is CCc1n[nH]c(=O)c(C(=O)NCC/C=C/C(=O)OC)c1CC. The van der Waals surface area contributed by atoms with E-state index in [4.69, 9.17) is 0 Å². The normalized spacial score (nSPS) is 10.7. The van der Waals surface area contributed by atoms with Crippen LogP contribution in [0.4, 0.5) is 0 Å². The smallest absolute Gasteiger partial charge is 0.330 e. The maximum atomic E-state index is 12.2. The van der Waals surface area contributed by atoms with Crippen molar-refractivity contribution in [2.75, 3.05) is 13.7 Å². The summed E-state index contributed by atoms with van der Waals surface area (Å²) in [5.74, 6) is -0.876. The summed E-state index contributed by atoms with van der Waals surface area (Å²) in [7, 11) is 1.29. The molecule has 0 spiro atoms. The fraction of sp³-hybridized carbons (Fsp3) is 0.467. The van der Waals surface area contributed by atoms with E-state index in [1.165, 1.54) is 13.2 Å². The molecule has 0 unspecified atom stereocenters. The van der Waals surface area contributed by atoms with Crippen LogP contribution < -0.4 is 10.9 Å². The Morgan fingerprint density at radius 3 is 2.64 bits per heavy atom. The molecule has 0 atom stereocenters. The molecule has 7 heteroatoms. The van der Waals surface area contributed by atoms with Gasteiger partial charge in [-0.05, 0) is 24.8 Å². The Labute approximate surface area is 128 Å². The number of carbonyl (C=O) groups is 2. The Morgan fingerprint density at radius 2 is 2.05 bits per heavy atom. The van der Waals surface area contributed by atoms with Crippen molar-refractivity contribution in [3.8, 4) is 0 Å². The first-order valence-corrected chi connectivity index (χ1v) is 7.18. The number of hydrogen-bond donors (Lipinski definition) is 2. The molecule has 0 saturated carbocycles. The fourth-order valence-electron chi connectivity index (χ4n) is 2.04. The summed E-state index contributed by atoms with van der Waals surface area (Å²) >= 11 is 0. The largest absolute Gasteiger partial charge is 0.466 e. The molecule has 2 N–H and O–H groups in total. The lowest BCUT2D eigenvalue weighted by Gasteiger charge is -2.10. The number of nitrogens with one attached hydrogen (secondary N) is 2. The molecular weight excluding hydrogens is 286 g/mol. The lowest BCUT2D eigenvalue weighted by atomic mass is 10.0. The zero-order valence-corrected chi connectivity index (χ0v) is 13.1. The fourth-order valence-corrected chi connectivity index (χ4v) is 2.04. The maximum absolute atomic E-state index is 12.2. The molecule has 0 aromatic carbocycles. The molecular formula is C15H21N3O4. The van der Waals surface area contributed by atoms with Gasteiger partial charge in [0.25, 0.3) is 11.5 Å². The van der Waals surface area contributed by atoms with Crippen LogP contribution in [0, 0.1) is 0 Å². The van der Waals surface area contributed by atoms with Crippen molar-refractivity contribution in [3.63, 3.8) is 0 Å². The van der Waals surface area contributed by atoms with Crippen molar-refractivity contribution in [1.82, 2.24) is 15.5 Å². The molecule has 0 aliphatic rings. The molecule has 0 fully saturated rings. The van der Waals surface area contributed by atoms with Gasteiger partial charge in [0.1, 0.15) is 5.56 Å². The second-order valence-electron chi connectivity index (χ2n) is 4.53. The second kappa shape index (κ2) is 8.76. The van der Waals surface area contributed by atoms with Gasteiger partial charge in [0, 0.05) is 12.6 Å². The van der Waals surface area contributed by atoms with E-state index >= 15 is 0 Å². The van der Waals surface area contributed by atoms with E-state index in [0.29, 0.717) is 31.4 Å². The number of methoxy groups -OCH3 is 1. The van der Waals surface area contributed by atoms with Crippen LogP contribution in [-0.2, 0) is 22.4 Å². The highest BCUT2D eigenvalue weighted by Crippen LogP contribution is 2.10. The number of ether oxygens (including phenoxy) is 1. The number of rotatable bonds is 7. The number of amides is 1. The van der Waals surface area contributed by atoms with E-state index in [9.17, 15) is 14.4 Å². The van der Waals surface area contributed by atoms with Gasteiger partial charge in [-0.25, -0.2) is 9.89 Å². The van der Waals surface area contributed by atoms with Gasteiger partial charge in [0.2, 0.25) is 0 Å². The minimum Gasteiger partial charge on any atom is -0.466 e. The lowest BCUT2D eigenvalue weighted by molar-refractivity contribution is -0.134. The van der Waals surface area contributed by atoms with Gasteiger partial charge >= 0.3 is 5.97 Å². The zero-order chi connectivity index (χ0) is 16.5. The summed E-state index contributed by atoms with van der Waals surface area (Å²) in [6.07, 6.45) is 4.55. The monoisotopic (exact) mass is 307 g/mol. The van der Waals surface area contributed by atoms with E-state index in [0.717, 1.165) is 5.69 Å². The standard InChI is InChI=1S/C15H21N3O4/c1-4-10-11(5-2)17-18-15(21)13(10)14(20)16-9-7-6-8-12(19)22-3/h6,8H,4-5,7,9H2,1-3H3,(H,16,20)(H,18,21)/b8-6+. The predicted molar refractivity (Wildman–Crippen MR) is 81.7 cm³/mol. The van der Waals surface area contributed by atoms with Gasteiger partial charge in [-0.15, -0.1) is 0 Å². The van der Waals surface area contributed by atoms with Crippen LogP contribution in [-0.4, -0.2) is 35.7 Å². The topological polar surface area (TPSA) is 101 Å². The Bertz CT molecular complexity index is 620. The molecule has 1 rings (SSSR count). The highest BCUT2D eigenvalue weighted by atomic mass is 16.5. The summed E-state index contributed by atoms with van der Waals surface area (Å²) in [5.41, 5.74) is 1.02. The number of aryl methyl sites for hydroxylation is 1. The van der Waals surface area contributed by atoms with E-state index in [-0.39, 0.29) is 5.56 Å². The third kappa shape index (κ3) is 4.54. The Hall–Kier alpha value is -2.44. The number of aromatic nitrogens is 2. The molecule has 0 aliphatic carbocycles. The first kappa shape index (κ1) is 17.6. The van der Waals surface area contributed by atoms with Crippen LogP contribution in [0.25, 0.3) is 0 Å². The lowest BCUT2D eigenvalue weighted by Crippen LogP contribution is -2.33. The third-order valence-electron chi connectivity index (χ3n) is 3.14. The van der Waals surface area contributed by atoms with Gasteiger partial charge < -0.3 is 10.1 Å². The molecule has 1 aromatic heterocycles. The zero-order valence-electron chi connectivity index (χ0n) is 13.1. The van der Waals surface area contributed by atoms with Crippen molar-refractivity contribution in [1.29, 1.82) is 0 Å². The van der Waals surface area contributed by atoms with Gasteiger partial charge in [-0.3, -0.25) is 9.59 Å². The predicted octanol–water partition coefficient (Wildman–Crippen LogP) is 0.744. The maximum Gasteiger partial charge on any atom is 0.330 e. The number of carbonyl (C=O) groups excluding carboxylic acids is 2. The Morgan fingerprint density at radius 1 is 1.32 bits per heavy atom. The van der Waals surface area contributed by atoms with Crippen LogP contribution >= 0.6 is 0 Å². The quantitative estimate of drug-likeness (QED) is 0.439. The van der Waals surface area contributed by atoms with Crippen molar-refractivity contribution in [3.05, 3.63) is 39.3 Å². The van der Waals surface area contributed by atoms with Gasteiger partial charge in [0.15, 0.2) is 0 Å². The summed E-state index contributed by atoms with van der Waals surface area (Å²) in [6, 6.07) is 0. The molecule has 22 heavy (non-hydrogen) atoms. The highest BCUT2D eigenvalue weighted by Gasteiger charge is 2.18. The molecule has 0 aliphatic heterocycles. The molecule has 0 radical (unpaired) electrons. The van der Waals surface area contributed by atoms with Crippen LogP contribution in [0.15, 0.2) is 16.9 Å². The van der Waals surface area contributed by atoms with E-state index in [1.807, 2.05) is 13.8 Å². The molecule has 1 aromatic rings. The first-order valence-electron chi connectivity index (χ1n) is 7.18. The molecule has 1 amide bonds. The van der Waals surface area contributed by atoms with E-state index in [1.54, 1.807) is 6.08 Å². The second-order valence-corrected chi connectivity index (χ2v) is 4.53. The van der Waals surface area contributed by atoms with Crippen LogP contribution in [0.3, 0.4) is 0 Å². The molecule has 7 nitrogen and oxygen atoms in total. The average Bonchev–Trinajstić information content (AvgIpc) is 2.53. The Kier molecular flexibility index (Phi) is 7.01. The Balaban J connectivity index is 2.76. The van der Waals surface area contributed by atoms with Crippen molar-refractivity contribution in [2.45, 2.75) is 33.1 Å². The minimum atomic E-state index is -0.489. The van der Waals surface area contributed by atoms with Crippen molar-refractivity contribution < 1.29 is 14.3 Å². The number of H-pyrrole nitrogens is 1. The average molecular weight is 307 g/mol. The van der Waals surface area contributed by atoms with E-state index in [2.05, 4.69) is 20.3 Å². The van der Waals surface area contributed by atoms with Crippen LogP contribution in [0.2, 0.25) is 0 Å². The van der Waals surface area contributed by atoms with Crippen LogP contribution in [0.1, 0.15) is 41.9 Å². The molecule has 1 heterocycles. The summed E-state index contributed by atoms with van der Waals surface area (Å²) in [6.45, 7) is 4.11. The summed E-state index contributed by atoms with van der Waals surface area (Å²) < 4.78 is 4.45. The summed E-state index contributed by atoms with van der Waals surface area (Å²) in [5, 5.41) is 8.99.